The van der Waals surface area contributed by atoms with Gasteiger partial charge in [0.1, 0.15) is 6.26 Å². The highest BCUT2D eigenvalue weighted by Crippen LogP contribution is 2.47. The smallest absolute Gasteiger partial charge is 0.201 e. The summed E-state index contributed by atoms with van der Waals surface area (Å²) < 4.78 is 10.9. The Kier molecular flexibility index (Phi) is 2.07. The van der Waals surface area contributed by atoms with Crippen LogP contribution in [0.4, 0.5) is 0 Å². The fourth-order valence-corrected chi connectivity index (χ4v) is 2.14. The summed E-state index contributed by atoms with van der Waals surface area (Å²) in [4.78, 5) is 4.57. The van der Waals surface area contributed by atoms with Gasteiger partial charge in [0, 0.05) is 19.1 Å². The molecule has 2 N–H and O–H groups in total. The monoisotopic (exact) mass is 208 g/mol. The standard InChI is InChI=1S/C11H16N2O2/c12-7-11(2-3-11)10-13-9(6-15-10)8-1-4-14-5-8/h6,8H,1-5,7,12H2. The molecule has 0 aromatic carbocycles. The van der Waals surface area contributed by atoms with Gasteiger partial charge < -0.3 is 14.9 Å². The molecule has 1 saturated carbocycles. The second-order valence-electron chi connectivity index (χ2n) is 4.62. The lowest BCUT2D eigenvalue weighted by Gasteiger charge is -2.05. The van der Waals surface area contributed by atoms with E-state index in [9.17, 15) is 0 Å². The molecule has 82 valence electrons. The Balaban J connectivity index is 1.81. The quantitative estimate of drug-likeness (QED) is 0.810. The summed E-state index contributed by atoms with van der Waals surface area (Å²) in [5.41, 5.74) is 6.85. The Bertz CT molecular complexity index is 351. The van der Waals surface area contributed by atoms with Crippen LogP contribution in [-0.4, -0.2) is 24.7 Å². The molecular weight excluding hydrogens is 192 g/mol. The maximum absolute atomic E-state index is 5.74. The number of nitrogens with zero attached hydrogens (tertiary/aromatic N) is 1. The van der Waals surface area contributed by atoms with Crippen molar-refractivity contribution in [3.8, 4) is 0 Å². The van der Waals surface area contributed by atoms with E-state index < -0.39 is 0 Å². The molecule has 2 aliphatic rings. The molecule has 1 aromatic heterocycles. The summed E-state index contributed by atoms with van der Waals surface area (Å²) in [5, 5.41) is 0. The van der Waals surface area contributed by atoms with E-state index in [1.54, 1.807) is 6.26 Å². The number of ether oxygens (including phenoxy) is 1. The molecule has 1 atom stereocenters. The molecule has 1 unspecified atom stereocenters. The first-order chi connectivity index (χ1) is 7.34. The van der Waals surface area contributed by atoms with Crippen molar-refractivity contribution < 1.29 is 9.15 Å². The number of oxazole rings is 1. The predicted molar refractivity (Wildman–Crippen MR) is 54.6 cm³/mol. The second kappa shape index (κ2) is 3.32. The van der Waals surface area contributed by atoms with Crippen LogP contribution in [0.3, 0.4) is 0 Å². The van der Waals surface area contributed by atoms with Crippen LogP contribution in [0.2, 0.25) is 0 Å². The summed E-state index contributed by atoms with van der Waals surface area (Å²) in [6.45, 7) is 2.27. The normalized spacial score (nSPS) is 28.2. The Hall–Kier alpha value is -0.870. The zero-order valence-corrected chi connectivity index (χ0v) is 8.74. The number of rotatable bonds is 3. The average molecular weight is 208 g/mol. The molecule has 1 aliphatic carbocycles. The van der Waals surface area contributed by atoms with E-state index in [2.05, 4.69) is 4.98 Å². The van der Waals surface area contributed by atoms with E-state index in [1.807, 2.05) is 0 Å². The van der Waals surface area contributed by atoms with Crippen LogP contribution < -0.4 is 5.73 Å². The fraction of sp³-hybridized carbons (Fsp3) is 0.727. The Morgan fingerprint density at radius 1 is 1.53 bits per heavy atom. The van der Waals surface area contributed by atoms with Crippen LogP contribution in [0.25, 0.3) is 0 Å². The summed E-state index contributed by atoms with van der Waals surface area (Å²) in [5.74, 6) is 1.27. The van der Waals surface area contributed by atoms with Crippen LogP contribution >= 0.6 is 0 Å². The lowest BCUT2D eigenvalue weighted by atomic mass is 10.1. The van der Waals surface area contributed by atoms with E-state index in [-0.39, 0.29) is 5.41 Å². The van der Waals surface area contributed by atoms with Gasteiger partial charge >= 0.3 is 0 Å². The average Bonchev–Trinajstić information content (AvgIpc) is 2.74. The molecule has 3 rings (SSSR count). The molecular formula is C11H16N2O2. The SMILES string of the molecule is NCC1(c2nc(C3CCOC3)co2)CC1. The van der Waals surface area contributed by atoms with Gasteiger partial charge in [0.15, 0.2) is 0 Å². The Labute approximate surface area is 88.8 Å². The third-order valence-electron chi connectivity index (χ3n) is 3.57. The minimum Gasteiger partial charge on any atom is -0.448 e. The maximum atomic E-state index is 5.74. The molecule has 2 fully saturated rings. The lowest BCUT2D eigenvalue weighted by Crippen LogP contribution is -2.20. The van der Waals surface area contributed by atoms with Gasteiger partial charge in [0.2, 0.25) is 5.89 Å². The molecule has 4 nitrogen and oxygen atoms in total. The third kappa shape index (κ3) is 1.48. The number of aromatic nitrogens is 1. The minimum absolute atomic E-state index is 0.0672. The summed E-state index contributed by atoms with van der Waals surface area (Å²) in [7, 11) is 0. The summed E-state index contributed by atoms with van der Waals surface area (Å²) >= 11 is 0. The van der Waals surface area contributed by atoms with Gasteiger partial charge in [0.25, 0.3) is 0 Å². The van der Waals surface area contributed by atoms with E-state index in [1.165, 1.54) is 0 Å². The molecule has 15 heavy (non-hydrogen) atoms. The van der Waals surface area contributed by atoms with Gasteiger partial charge in [-0.25, -0.2) is 4.98 Å². The zero-order chi connectivity index (χ0) is 10.3. The predicted octanol–water partition coefficient (Wildman–Crippen LogP) is 1.17. The van der Waals surface area contributed by atoms with Crippen molar-refractivity contribution in [2.75, 3.05) is 19.8 Å². The highest BCUT2D eigenvalue weighted by molar-refractivity contribution is 5.19. The number of nitrogens with two attached hydrogens (primary N) is 1. The van der Waals surface area contributed by atoms with E-state index in [0.717, 1.165) is 44.1 Å². The molecule has 4 heteroatoms. The van der Waals surface area contributed by atoms with Crippen molar-refractivity contribution in [2.45, 2.75) is 30.6 Å². The summed E-state index contributed by atoms with van der Waals surface area (Å²) in [6, 6.07) is 0. The first-order valence-electron chi connectivity index (χ1n) is 5.58. The lowest BCUT2D eigenvalue weighted by molar-refractivity contribution is 0.193. The molecule has 0 amide bonds. The highest BCUT2D eigenvalue weighted by atomic mass is 16.5. The van der Waals surface area contributed by atoms with Crippen molar-refractivity contribution in [1.82, 2.24) is 4.98 Å². The molecule has 0 bridgehead atoms. The first-order valence-corrected chi connectivity index (χ1v) is 5.58. The molecule has 0 spiro atoms. The van der Waals surface area contributed by atoms with Crippen molar-refractivity contribution >= 4 is 0 Å². The maximum Gasteiger partial charge on any atom is 0.201 e. The van der Waals surface area contributed by atoms with Crippen molar-refractivity contribution in [2.24, 2.45) is 5.73 Å². The summed E-state index contributed by atoms with van der Waals surface area (Å²) in [6.07, 6.45) is 5.07. The Morgan fingerprint density at radius 2 is 2.40 bits per heavy atom. The Morgan fingerprint density at radius 3 is 3.00 bits per heavy atom. The van der Waals surface area contributed by atoms with Crippen LogP contribution in [-0.2, 0) is 10.2 Å². The van der Waals surface area contributed by atoms with Gasteiger partial charge in [-0.15, -0.1) is 0 Å². The van der Waals surface area contributed by atoms with Crippen molar-refractivity contribution in [1.29, 1.82) is 0 Å². The molecule has 2 heterocycles. The third-order valence-corrected chi connectivity index (χ3v) is 3.57. The van der Waals surface area contributed by atoms with Crippen LogP contribution in [0.5, 0.6) is 0 Å². The highest BCUT2D eigenvalue weighted by Gasteiger charge is 2.47. The van der Waals surface area contributed by atoms with Crippen molar-refractivity contribution in [3.63, 3.8) is 0 Å². The largest absolute Gasteiger partial charge is 0.448 e. The van der Waals surface area contributed by atoms with Crippen LogP contribution in [0, 0.1) is 0 Å². The van der Waals surface area contributed by atoms with Gasteiger partial charge in [-0.3, -0.25) is 0 Å². The zero-order valence-electron chi connectivity index (χ0n) is 8.74. The number of hydrogen-bond acceptors (Lipinski definition) is 4. The fourth-order valence-electron chi connectivity index (χ4n) is 2.14. The van der Waals surface area contributed by atoms with Gasteiger partial charge in [-0.1, -0.05) is 0 Å². The first kappa shape index (κ1) is 9.36. The molecule has 1 saturated heterocycles. The second-order valence-corrected chi connectivity index (χ2v) is 4.62. The van der Waals surface area contributed by atoms with E-state index in [4.69, 9.17) is 14.9 Å². The molecule has 1 aliphatic heterocycles. The van der Waals surface area contributed by atoms with Crippen LogP contribution in [0.15, 0.2) is 10.7 Å². The van der Waals surface area contributed by atoms with E-state index in [0.29, 0.717) is 12.5 Å². The topological polar surface area (TPSA) is 61.3 Å². The van der Waals surface area contributed by atoms with Gasteiger partial charge in [-0.2, -0.15) is 0 Å². The van der Waals surface area contributed by atoms with Gasteiger partial charge in [0.05, 0.1) is 17.7 Å². The molecule has 1 aromatic rings. The minimum atomic E-state index is 0.0672. The van der Waals surface area contributed by atoms with Crippen molar-refractivity contribution in [3.05, 3.63) is 17.8 Å². The van der Waals surface area contributed by atoms with Gasteiger partial charge in [-0.05, 0) is 19.3 Å². The van der Waals surface area contributed by atoms with E-state index >= 15 is 0 Å². The number of hydrogen-bond donors (Lipinski definition) is 1. The molecule has 0 radical (unpaired) electrons. The van der Waals surface area contributed by atoms with Crippen LogP contribution in [0.1, 0.15) is 36.8 Å².